The summed E-state index contributed by atoms with van der Waals surface area (Å²) in [7, 11) is 0. The maximum absolute atomic E-state index is 15.8. The van der Waals surface area contributed by atoms with E-state index in [4.69, 9.17) is 9.47 Å². The van der Waals surface area contributed by atoms with Gasteiger partial charge in [0, 0.05) is 59.0 Å². The van der Waals surface area contributed by atoms with Crippen LogP contribution in [0.5, 0.6) is 11.5 Å². The van der Waals surface area contributed by atoms with Crippen molar-refractivity contribution in [3.8, 4) is 23.3 Å². The number of aromatic hydroxyl groups is 1. The zero-order valence-corrected chi connectivity index (χ0v) is 41.6. The van der Waals surface area contributed by atoms with E-state index >= 15 is 4.79 Å². The van der Waals surface area contributed by atoms with Crippen LogP contribution in [0.1, 0.15) is 180 Å². The van der Waals surface area contributed by atoms with E-state index < -0.39 is 59.0 Å². The number of nitrogens with one attached hydrogen (secondary N) is 1. The van der Waals surface area contributed by atoms with Gasteiger partial charge in [-0.3, -0.25) is 9.59 Å². The third-order valence-corrected chi connectivity index (χ3v) is 18.2. The molecule has 3 aliphatic heterocycles. The maximum Gasteiger partial charge on any atom is 0.334 e. The lowest BCUT2D eigenvalue weighted by atomic mass is 9.53. The number of phenolic OH excluding ortho intramolecular Hbond substituents is 1. The SMILES string of the molecule is CCC1CCC2C3Cc4cccc(c4)C4(CCCCC4)C(O)C=C4CC(c5cc(CO)cc(NCC(C)O)c5)C#CC5CC(=O)Oc6c5cc(c(O)c6C5CCCCC5)CC(OC4=O)C1(O)C2CCC3=O. The summed E-state index contributed by atoms with van der Waals surface area (Å²) in [5.74, 6) is 3.68. The van der Waals surface area contributed by atoms with Crippen LogP contribution >= 0.6 is 0 Å². The molecule has 3 aromatic carbocycles. The third-order valence-electron chi connectivity index (χ3n) is 18.2. The number of carbonyl (C=O) groups excluding carboxylic acids is 3. The standard InChI is InChI=1S/C60H73NO10/c1-3-44-17-18-47-49-26-36-11-10-14-45(24-36)59(21-8-5-9-22-59)52(65)30-43-27-39(41-23-37(34-62)25-46(28-41)61-33-35(2)63)15-16-40-32-54(66)71-57-48(40)29-42(56(67)55(57)38-12-6-4-7-13-38)31-53(70-58(43)68)60(44,69)50(47)19-20-51(49)64/h10-11,14,23-25,28-30,35,38-40,44,47,49-50,52-53,61-63,65,67,69H,3-9,12-13,17-22,26-27,31-34H2,1-2H3. The number of Topliss-reactive ketones (excluding diaryl/α,β-unsaturated/α-hetero) is 1. The maximum atomic E-state index is 15.8. The van der Waals surface area contributed by atoms with Crippen molar-refractivity contribution < 1.29 is 49.4 Å². The lowest BCUT2D eigenvalue weighted by Crippen LogP contribution is -2.63. The first-order valence-electron chi connectivity index (χ1n) is 27.0. The number of aliphatic hydroxyl groups excluding tert-OH is 3. The van der Waals surface area contributed by atoms with Crippen molar-refractivity contribution in [3.63, 3.8) is 0 Å². The van der Waals surface area contributed by atoms with E-state index in [0.717, 1.165) is 68.9 Å². The highest BCUT2D eigenvalue weighted by Crippen LogP contribution is 2.56. The molecule has 3 aromatic rings. The second-order valence-corrected chi connectivity index (χ2v) is 22.5. The van der Waals surface area contributed by atoms with Gasteiger partial charge in [0.25, 0.3) is 0 Å². The average Bonchev–Trinajstić information content (AvgIpc) is 3.38. The third kappa shape index (κ3) is 9.48. The zero-order chi connectivity index (χ0) is 49.6. The Hall–Kier alpha value is -4.99. The molecular weight excluding hydrogens is 895 g/mol. The predicted molar refractivity (Wildman–Crippen MR) is 270 cm³/mol. The Morgan fingerprint density at radius 2 is 1.65 bits per heavy atom. The van der Waals surface area contributed by atoms with Gasteiger partial charge in [0.05, 0.1) is 31.2 Å². The predicted octanol–water partition coefficient (Wildman–Crippen LogP) is 9.27. The van der Waals surface area contributed by atoms with Crippen LogP contribution in [-0.2, 0) is 44.0 Å². The zero-order valence-electron chi connectivity index (χ0n) is 41.6. The van der Waals surface area contributed by atoms with Crippen molar-refractivity contribution in [2.24, 2.45) is 23.7 Å². The summed E-state index contributed by atoms with van der Waals surface area (Å²) in [5.41, 5.74) is 3.46. The summed E-state index contributed by atoms with van der Waals surface area (Å²) >= 11 is 0. The Morgan fingerprint density at radius 3 is 2.41 bits per heavy atom. The minimum Gasteiger partial charge on any atom is -0.507 e. The van der Waals surface area contributed by atoms with Crippen molar-refractivity contribution in [2.75, 3.05) is 11.9 Å². The first-order chi connectivity index (χ1) is 34.3. The van der Waals surface area contributed by atoms with Crippen molar-refractivity contribution in [1.82, 2.24) is 0 Å². The van der Waals surface area contributed by atoms with Crippen LogP contribution in [0.4, 0.5) is 5.69 Å². The molecule has 4 aliphatic carbocycles. The van der Waals surface area contributed by atoms with Crippen molar-refractivity contribution in [3.05, 3.63) is 99.1 Å². The second kappa shape index (κ2) is 20.5. The fraction of sp³-hybridized carbons (Fsp3) is 0.583. The molecule has 11 heteroatoms. The van der Waals surface area contributed by atoms with Gasteiger partial charge >= 0.3 is 11.9 Å². The van der Waals surface area contributed by atoms with Crippen molar-refractivity contribution in [1.29, 1.82) is 0 Å². The molecule has 0 radical (unpaired) electrons. The summed E-state index contributed by atoms with van der Waals surface area (Å²) < 4.78 is 13.2. The van der Waals surface area contributed by atoms with Gasteiger partial charge in [0.2, 0.25) is 0 Å². The average molecular weight is 968 g/mol. The first kappa shape index (κ1) is 49.6. The molecule has 11 nitrogen and oxygen atoms in total. The number of carbonyl (C=O) groups is 3. The fourth-order valence-electron chi connectivity index (χ4n) is 14.6. The van der Waals surface area contributed by atoms with Gasteiger partial charge in [-0.15, -0.1) is 0 Å². The lowest BCUT2D eigenvalue weighted by Gasteiger charge is -2.56. The molecule has 71 heavy (non-hydrogen) atoms. The Morgan fingerprint density at radius 1 is 0.873 bits per heavy atom. The lowest BCUT2D eigenvalue weighted by molar-refractivity contribution is -0.212. The van der Waals surface area contributed by atoms with Gasteiger partial charge in [-0.1, -0.05) is 94.0 Å². The van der Waals surface area contributed by atoms with Crippen LogP contribution in [0.2, 0.25) is 0 Å². The minimum absolute atomic E-state index is 0.0137. The Labute approximate surface area is 418 Å². The van der Waals surface area contributed by atoms with Gasteiger partial charge in [-0.2, -0.15) is 0 Å². The second-order valence-electron chi connectivity index (χ2n) is 22.5. The summed E-state index contributed by atoms with van der Waals surface area (Å²) in [4.78, 5) is 43.9. The summed E-state index contributed by atoms with van der Waals surface area (Å²) in [6.45, 7) is 3.71. The molecule has 10 bridgehead atoms. The van der Waals surface area contributed by atoms with Crippen LogP contribution in [0.15, 0.2) is 60.2 Å². The molecular formula is C60H73NO10. The Kier molecular flexibility index (Phi) is 14.3. The molecule has 6 N–H and O–H groups in total. The van der Waals surface area contributed by atoms with E-state index in [1.165, 1.54) is 0 Å². The van der Waals surface area contributed by atoms with Gasteiger partial charge in [-0.25, -0.2) is 4.79 Å². The van der Waals surface area contributed by atoms with E-state index in [-0.39, 0.29) is 73.2 Å². The quantitative estimate of drug-likeness (QED) is 0.0754. The van der Waals surface area contributed by atoms with E-state index in [1.54, 1.807) is 13.0 Å². The number of hydrogen-bond acceptors (Lipinski definition) is 11. The number of phenols is 1. The molecule has 378 valence electrons. The fourth-order valence-corrected chi connectivity index (χ4v) is 14.6. The largest absolute Gasteiger partial charge is 0.507 e. The molecule has 10 unspecified atom stereocenters. The van der Waals surface area contributed by atoms with E-state index in [9.17, 15) is 35.1 Å². The summed E-state index contributed by atoms with van der Waals surface area (Å²) in [6.07, 6.45) is 10.5. The first-order valence-corrected chi connectivity index (χ1v) is 27.0. The highest BCUT2D eigenvalue weighted by Gasteiger charge is 2.59. The molecule has 4 fully saturated rings. The highest BCUT2D eigenvalue weighted by atomic mass is 16.6. The smallest absolute Gasteiger partial charge is 0.334 e. The van der Waals surface area contributed by atoms with E-state index in [0.29, 0.717) is 84.2 Å². The molecule has 10 atom stereocenters. The van der Waals surface area contributed by atoms with Crippen LogP contribution in [0, 0.1) is 35.5 Å². The van der Waals surface area contributed by atoms with Gasteiger partial charge in [-0.05, 0) is 140 Å². The topological polar surface area (TPSA) is 183 Å². The van der Waals surface area contributed by atoms with Crippen LogP contribution in [0.3, 0.4) is 0 Å². The molecule has 3 heterocycles. The number of fused-ring (bicyclic) bond motifs is 8. The number of ketones is 1. The number of anilines is 1. The van der Waals surface area contributed by atoms with Gasteiger partial charge < -0.3 is 40.3 Å². The molecule has 0 amide bonds. The van der Waals surface area contributed by atoms with Crippen molar-refractivity contribution >= 4 is 23.4 Å². The number of benzene rings is 3. The van der Waals surface area contributed by atoms with Crippen molar-refractivity contribution in [2.45, 2.75) is 190 Å². The molecule has 7 aliphatic rings. The van der Waals surface area contributed by atoms with Crippen LogP contribution in [-0.4, -0.2) is 73.7 Å². The molecule has 4 saturated carbocycles. The normalized spacial score (nSPS) is 31.2. The Balaban J connectivity index is 1.24. The number of rotatable bonds is 7. The van der Waals surface area contributed by atoms with E-state index in [2.05, 4.69) is 42.3 Å². The number of aliphatic hydroxyl groups is 4. The van der Waals surface area contributed by atoms with E-state index in [1.807, 2.05) is 30.3 Å². The number of ether oxygens (including phenoxy) is 2. The Bertz CT molecular complexity index is 2610. The van der Waals surface area contributed by atoms with Gasteiger partial charge in [0.15, 0.2) is 0 Å². The summed E-state index contributed by atoms with van der Waals surface area (Å²) in [5, 5.41) is 63.9. The molecule has 0 saturated heterocycles. The monoisotopic (exact) mass is 968 g/mol. The van der Waals surface area contributed by atoms with Gasteiger partial charge in [0.1, 0.15) is 29.0 Å². The molecule has 0 aromatic heterocycles. The van der Waals surface area contributed by atoms with Crippen LogP contribution < -0.4 is 10.1 Å². The minimum atomic E-state index is -1.61. The number of hydrogen-bond donors (Lipinski definition) is 6. The number of esters is 2. The highest BCUT2D eigenvalue weighted by molar-refractivity contribution is 5.89. The van der Waals surface area contributed by atoms with Crippen LogP contribution in [0.25, 0.3) is 0 Å². The summed E-state index contributed by atoms with van der Waals surface area (Å²) in [6, 6.07) is 15.8. The molecule has 10 rings (SSSR count). The molecule has 1 spiro atoms.